The first kappa shape index (κ1) is 23.3. The highest BCUT2D eigenvalue weighted by molar-refractivity contribution is 6.39. The molecule has 0 saturated carbocycles. The number of halogens is 2. The van der Waals surface area contributed by atoms with Gasteiger partial charge in [0.2, 0.25) is 0 Å². The summed E-state index contributed by atoms with van der Waals surface area (Å²) in [7, 11) is 1.64. The Kier molecular flexibility index (Phi) is 6.73. The van der Waals surface area contributed by atoms with Crippen LogP contribution in [0.5, 0.6) is 17.2 Å². The van der Waals surface area contributed by atoms with Gasteiger partial charge < -0.3 is 20.1 Å². The lowest BCUT2D eigenvalue weighted by Crippen LogP contribution is -2.36. The van der Waals surface area contributed by atoms with Crippen molar-refractivity contribution < 1.29 is 14.3 Å². The van der Waals surface area contributed by atoms with Gasteiger partial charge in [0, 0.05) is 24.3 Å². The third kappa shape index (κ3) is 4.75. The quantitative estimate of drug-likeness (QED) is 0.409. The Balaban J connectivity index is 1.62. The highest BCUT2D eigenvalue weighted by Crippen LogP contribution is 2.41. The Morgan fingerprint density at radius 2 is 1.85 bits per heavy atom. The Labute approximate surface area is 204 Å². The molecule has 3 aromatic carbocycles. The van der Waals surface area contributed by atoms with Gasteiger partial charge in [-0.05, 0) is 65.9 Å². The third-order valence-electron chi connectivity index (χ3n) is 5.85. The van der Waals surface area contributed by atoms with Gasteiger partial charge in [0.1, 0.15) is 11.5 Å². The van der Waals surface area contributed by atoms with E-state index in [1.807, 2.05) is 30.3 Å². The van der Waals surface area contributed by atoms with Crippen LogP contribution in [0.2, 0.25) is 10.0 Å². The van der Waals surface area contributed by atoms with Crippen molar-refractivity contribution in [3.63, 3.8) is 0 Å². The Morgan fingerprint density at radius 3 is 2.58 bits per heavy atom. The monoisotopic (exact) mass is 484 g/mol. The molecule has 0 atom stereocenters. The second-order valence-electron chi connectivity index (χ2n) is 8.40. The molecule has 0 spiro atoms. The van der Waals surface area contributed by atoms with E-state index in [9.17, 15) is 4.79 Å². The molecule has 5 nitrogen and oxygen atoms in total. The summed E-state index contributed by atoms with van der Waals surface area (Å²) in [5, 5.41) is 0.524. The number of rotatable bonds is 5. The number of hydrogen-bond donors (Lipinski definition) is 1. The summed E-state index contributed by atoms with van der Waals surface area (Å²) in [5.41, 5.74) is 10.2. The van der Waals surface area contributed by atoms with Gasteiger partial charge in [-0.25, -0.2) is 0 Å². The van der Waals surface area contributed by atoms with Crippen LogP contribution in [0.4, 0.5) is 5.69 Å². The first-order valence-electron chi connectivity index (χ1n) is 10.8. The lowest BCUT2D eigenvalue weighted by molar-refractivity contribution is 0.0734. The number of benzene rings is 3. The van der Waals surface area contributed by atoms with E-state index in [2.05, 4.69) is 13.8 Å². The molecule has 0 unspecified atom stereocenters. The molecule has 0 bridgehead atoms. The van der Waals surface area contributed by atoms with Crippen LogP contribution in [0.3, 0.4) is 0 Å². The summed E-state index contributed by atoms with van der Waals surface area (Å²) in [4.78, 5) is 15.1. The number of fused-ring (bicyclic) bond motifs is 1. The van der Waals surface area contributed by atoms with Crippen LogP contribution in [0, 0.1) is 0 Å². The second-order valence-corrected chi connectivity index (χ2v) is 9.19. The molecule has 0 aliphatic carbocycles. The smallest absolute Gasteiger partial charge is 0.255 e. The molecular weight excluding hydrogens is 459 g/mol. The number of nitrogens with two attached hydrogens (primary N) is 1. The average molecular weight is 485 g/mol. The number of nitrogens with zero attached hydrogens (tertiary/aromatic N) is 1. The maximum atomic E-state index is 13.3. The van der Waals surface area contributed by atoms with E-state index in [4.69, 9.17) is 38.4 Å². The van der Waals surface area contributed by atoms with Gasteiger partial charge in [0.05, 0.1) is 22.7 Å². The summed E-state index contributed by atoms with van der Waals surface area (Å²) >= 11 is 13.1. The van der Waals surface area contributed by atoms with E-state index < -0.39 is 0 Å². The number of anilines is 1. The van der Waals surface area contributed by atoms with Crippen molar-refractivity contribution in [1.29, 1.82) is 0 Å². The summed E-state index contributed by atoms with van der Waals surface area (Å²) in [6.45, 7) is 5.23. The molecule has 0 aromatic heterocycles. The Morgan fingerprint density at radius 1 is 1.06 bits per heavy atom. The van der Waals surface area contributed by atoms with Crippen LogP contribution in [0.15, 0.2) is 48.5 Å². The third-order valence-corrected chi connectivity index (χ3v) is 6.53. The lowest BCUT2D eigenvalue weighted by atomic mass is 9.98. The van der Waals surface area contributed by atoms with E-state index in [-0.39, 0.29) is 22.6 Å². The SMILES string of the molecule is COc1ccc(Oc2c(Cl)ccc(C(=O)N3CCc4cc(N)ccc4C3)c2Cl)cc1C(C)C. The topological polar surface area (TPSA) is 64.8 Å². The van der Waals surface area contributed by atoms with Crippen LogP contribution in [0.1, 0.15) is 46.8 Å². The molecule has 3 aromatic rings. The molecule has 0 saturated heterocycles. The van der Waals surface area contributed by atoms with Crippen molar-refractivity contribution in [3.8, 4) is 17.2 Å². The van der Waals surface area contributed by atoms with Gasteiger partial charge >= 0.3 is 0 Å². The number of methoxy groups -OCH3 is 1. The highest BCUT2D eigenvalue weighted by atomic mass is 35.5. The summed E-state index contributed by atoms with van der Waals surface area (Å²) in [6, 6.07) is 14.6. The van der Waals surface area contributed by atoms with E-state index in [1.165, 1.54) is 5.56 Å². The van der Waals surface area contributed by atoms with Gasteiger partial charge in [0.25, 0.3) is 5.91 Å². The zero-order valence-corrected chi connectivity index (χ0v) is 20.3. The minimum absolute atomic E-state index is 0.165. The molecule has 0 radical (unpaired) electrons. The van der Waals surface area contributed by atoms with Gasteiger partial charge in [-0.3, -0.25) is 4.79 Å². The van der Waals surface area contributed by atoms with Crippen LogP contribution < -0.4 is 15.2 Å². The van der Waals surface area contributed by atoms with E-state index >= 15 is 0 Å². The van der Waals surface area contributed by atoms with Crippen molar-refractivity contribution in [2.75, 3.05) is 19.4 Å². The van der Waals surface area contributed by atoms with E-state index in [0.717, 1.165) is 29.0 Å². The maximum absolute atomic E-state index is 13.3. The lowest BCUT2D eigenvalue weighted by Gasteiger charge is -2.29. The standard InChI is InChI=1S/C26H26Cl2N2O3/c1-15(2)21-13-19(6-9-23(21)32-3)33-25-22(27)8-7-20(24(25)28)26(31)30-11-10-16-12-18(29)5-4-17(16)14-30/h4-9,12-13,15H,10-11,14,29H2,1-3H3. The largest absolute Gasteiger partial charge is 0.496 e. The fraction of sp³-hybridized carbons (Fsp3) is 0.269. The molecule has 2 N–H and O–H groups in total. The van der Waals surface area contributed by atoms with Gasteiger partial charge in [-0.15, -0.1) is 0 Å². The van der Waals surface area contributed by atoms with Crippen molar-refractivity contribution in [2.45, 2.75) is 32.7 Å². The zero-order valence-electron chi connectivity index (χ0n) is 18.8. The average Bonchev–Trinajstić information content (AvgIpc) is 2.80. The zero-order chi connectivity index (χ0) is 23.7. The van der Waals surface area contributed by atoms with Gasteiger partial charge in [-0.1, -0.05) is 43.1 Å². The minimum atomic E-state index is -0.165. The van der Waals surface area contributed by atoms with Crippen LogP contribution in [-0.4, -0.2) is 24.5 Å². The van der Waals surface area contributed by atoms with Gasteiger partial charge in [-0.2, -0.15) is 0 Å². The van der Waals surface area contributed by atoms with Crippen LogP contribution >= 0.6 is 23.2 Å². The summed E-state index contributed by atoms with van der Waals surface area (Å²) in [6.07, 6.45) is 0.741. The number of nitrogen functional groups attached to an aromatic ring is 1. The van der Waals surface area contributed by atoms with E-state index in [0.29, 0.717) is 29.4 Å². The molecule has 4 rings (SSSR count). The predicted octanol–water partition coefficient (Wildman–Crippen LogP) is 6.70. The Bertz CT molecular complexity index is 1210. The fourth-order valence-electron chi connectivity index (χ4n) is 4.05. The normalized spacial score (nSPS) is 13.1. The molecular formula is C26H26Cl2N2O3. The minimum Gasteiger partial charge on any atom is -0.496 e. The van der Waals surface area contributed by atoms with Crippen LogP contribution in [-0.2, 0) is 13.0 Å². The number of hydrogen-bond acceptors (Lipinski definition) is 4. The first-order valence-corrected chi connectivity index (χ1v) is 11.5. The van der Waals surface area contributed by atoms with Gasteiger partial charge in [0.15, 0.2) is 5.75 Å². The summed E-state index contributed by atoms with van der Waals surface area (Å²) < 4.78 is 11.5. The highest BCUT2D eigenvalue weighted by Gasteiger charge is 2.26. The predicted molar refractivity (Wildman–Crippen MR) is 133 cm³/mol. The number of carbonyl (C=O) groups is 1. The molecule has 1 heterocycles. The van der Waals surface area contributed by atoms with Crippen molar-refractivity contribution >= 4 is 34.8 Å². The molecule has 172 valence electrons. The molecule has 7 heteroatoms. The molecule has 1 aliphatic heterocycles. The fourth-order valence-corrected chi connectivity index (χ4v) is 4.58. The first-order chi connectivity index (χ1) is 15.8. The molecule has 1 aliphatic rings. The summed E-state index contributed by atoms with van der Waals surface area (Å²) in [5.74, 6) is 1.68. The van der Waals surface area contributed by atoms with Crippen LogP contribution in [0.25, 0.3) is 0 Å². The van der Waals surface area contributed by atoms with Crippen molar-refractivity contribution in [2.24, 2.45) is 0 Å². The molecule has 33 heavy (non-hydrogen) atoms. The van der Waals surface area contributed by atoms with Crippen molar-refractivity contribution in [3.05, 3.63) is 80.8 Å². The van der Waals surface area contributed by atoms with Crippen molar-refractivity contribution in [1.82, 2.24) is 4.90 Å². The van der Waals surface area contributed by atoms with E-state index in [1.54, 1.807) is 30.2 Å². The second kappa shape index (κ2) is 9.54. The maximum Gasteiger partial charge on any atom is 0.255 e. The number of amides is 1. The number of ether oxygens (including phenoxy) is 2. The molecule has 0 fully saturated rings. The Hall–Kier alpha value is -2.89. The number of carbonyl (C=O) groups excluding carboxylic acids is 1. The molecule has 1 amide bonds.